The van der Waals surface area contributed by atoms with Gasteiger partial charge in [-0.05, 0) is 31.5 Å². The predicted molar refractivity (Wildman–Crippen MR) is 80.2 cm³/mol. The summed E-state index contributed by atoms with van der Waals surface area (Å²) in [5.74, 6) is 1.28. The van der Waals surface area contributed by atoms with Crippen molar-refractivity contribution in [2.75, 3.05) is 25.5 Å². The number of fused-ring (bicyclic) bond motifs is 1. The van der Waals surface area contributed by atoms with Crippen LogP contribution in [0.1, 0.15) is 19.3 Å². The first-order valence-electron chi connectivity index (χ1n) is 7.17. The van der Waals surface area contributed by atoms with Crippen LogP contribution in [-0.4, -0.2) is 36.2 Å². The molecule has 0 unspecified atom stereocenters. The van der Waals surface area contributed by atoms with Crippen molar-refractivity contribution in [1.29, 1.82) is 0 Å². The topological polar surface area (TPSA) is 59.1 Å². The van der Waals surface area contributed by atoms with Gasteiger partial charge in [0.25, 0.3) is 5.88 Å². The van der Waals surface area contributed by atoms with Crippen molar-refractivity contribution >= 4 is 16.9 Å². The number of para-hydroxylation sites is 2. The molecule has 1 aliphatic rings. The molecule has 2 aromatic rings. The van der Waals surface area contributed by atoms with Crippen LogP contribution in [0.25, 0.3) is 11.0 Å². The Morgan fingerprint density at radius 3 is 2.75 bits per heavy atom. The second-order valence-electron chi connectivity index (χ2n) is 5.07. The standard InChI is InChI=1S/C15H20N4O/c1-16-14-15(20-10-11-6-4-5-9-17-11)19-13-8-3-2-7-12(13)18-14/h2-3,7-8,11,17H,4-6,9-10H2,1H3,(H,16,18)/t11-/m0/s1. The summed E-state index contributed by atoms with van der Waals surface area (Å²) in [7, 11) is 1.84. The van der Waals surface area contributed by atoms with Crippen LogP contribution in [-0.2, 0) is 0 Å². The molecule has 1 aromatic heterocycles. The molecule has 20 heavy (non-hydrogen) atoms. The van der Waals surface area contributed by atoms with Gasteiger partial charge in [-0.2, -0.15) is 0 Å². The van der Waals surface area contributed by atoms with Crippen molar-refractivity contribution in [3.63, 3.8) is 0 Å². The summed E-state index contributed by atoms with van der Waals surface area (Å²) in [6.07, 6.45) is 3.69. The van der Waals surface area contributed by atoms with Crippen LogP contribution in [0.15, 0.2) is 24.3 Å². The number of aromatic nitrogens is 2. The predicted octanol–water partition coefficient (Wildman–Crippen LogP) is 2.19. The molecule has 1 aromatic carbocycles. The van der Waals surface area contributed by atoms with Crippen molar-refractivity contribution in [3.8, 4) is 5.88 Å². The van der Waals surface area contributed by atoms with Crippen LogP contribution in [0.5, 0.6) is 5.88 Å². The number of hydrogen-bond acceptors (Lipinski definition) is 5. The van der Waals surface area contributed by atoms with Crippen molar-refractivity contribution in [2.45, 2.75) is 25.3 Å². The maximum absolute atomic E-state index is 5.88. The van der Waals surface area contributed by atoms with E-state index in [1.165, 1.54) is 12.8 Å². The Balaban J connectivity index is 1.78. The highest BCUT2D eigenvalue weighted by Crippen LogP contribution is 2.23. The van der Waals surface area contributed by atoms with E-state index in [9.17, 15) is 0 Å². The van der Waals surface area contributed by atoms with Crippen LogP contribution >= 0.6 is 0 Å². The summed E-state index contributed by atoms with van der Waals surface area (Å²) in [5, 5.41) is 6.53. The lowest BCUT2D eigenvalue weighted by Gasteiger charge is -2.23. The van der Waals surface area contributed by atoms with E-state index in [0.717, 1.165) is 24.0 Å². The lowest BCUT2D eigenvalue weighted by atomic mass is 10.1. The Hall–Kier alpha value is -1.88. The quantitative estimate of drug-likeness (QED) is 0.893. The molecule has 0 aliphatic carbocycles. The summed E-state index contributed by atoms with van der Waals surface area (Å²) >= 11 is 0. The molecular formula is C15H20N4O. The molecular weight excluding hydrogens is 252 g/mol. The van der Waals surface area contributed by atoms with E-state index in [1.54, 1.807) is 0 Å². The van der Waals surface area contributed by atoms with Gasteiger partial charge in [-0.1, -0.05) is 18.6 Å². The third kappa shape index (κ3) is 2.82. The first-order chi connectivity index (χ1) is 9.86. The SMILES string of the molecule is CNc1nc2ccccc2nc1OC[C@@H]1CCCCN1. The Morgan fingerprint density at radius 2 is 2.05 bits per heavy atom. The normalized spacial score (nSPS) is 18.9. The molecule has 1 atom stereocenters. The first-order valence-corrected chi connectivity index (χ1v) is 7.17. The van der Waals surface area contributed by atoms with Gasteiger partial charge in [-0.25, -0.2) is 9.97 Å². The van der Waals surface area contributed by atoms with E-state index in [4.69, 9.17) is 4.74 Å². The van der Waals surface area contributed by atoms with Crippen LogP contribution < -0.4 is 15.4 Å². The smallest absolute Gasteiger partial charge is 0.258 e. The van der Waals surface area contributed by atoms with Crippen LogP contribution in [0.2, 0.25) is 0 Å². The van der Waals surface area contributed by atoms with E-state index in [2.05, 4.69) is 20.6 Å². The van der Waals surface area contributed by atoms with Gasteiger partial charge < -0.3 is 15.4 Å². The number of piperidine rings is 1. The van der Waals surface area contributed by atoms with Gasteiger partial charge in [0.15, 0.2) is 5.82 Å². The van der Waals surface area contributed by atoms with Gasteiger partial charge in [0.05, 0.1) is 11.0 Å². The molecule has 2 heterocycles. The zero-order valence-corrected chi connectivity index (χ0v) is 11.7. The number of benzene rings is 1. The molecule has 106 valence electrons. The third-order valence-corrected chi connectivity index (χ3v) is 3.61. The molecule has 2 N–H and O–H groups in total. The van der Waals surface area contributed by atoms with Crippen LogP contribution in [0.3, 0.4) is 0 Å². The minimum atomic E-state index is 0.418. The zero-order chi connectivity index (χ0) is 13.8. The second-order valence-corrected chi connectivity index (χ2v) is 5.07. The van der Waals surface area contributed by atoms with Gasteiger partial charge in [0.1, 0.15) is 6.61 Å². The fourth-order valence-electron chi connectivity index (χ4n) is 2.49. The van der Waals surface area contributed by atoms with E-state index in [0.29, 0.717) is 24.3 Å². The zero-order valence-electron chi connectivity index (χ0n) is 11.7. The maximum atomic E-state index is 5.88. The second kappa shape index (κ2) is 6.05. The highest BCUT2D eigenvalue weighted by atomic mass is 16.5. The van der Waals surface area contributed by atoms with Gasteiger partial charge >= 0.3 is 0 Å². The molecule has 0 spiro atoms. The molecule has 1 saturated heterocycles. The lowest BCUT2D eigenvalue weighted by molar-refractivity contribution is 0.233. The number of anilines is 1. The van der Waals surface area contributed by atoms with E-state index in [-0.39, 0.29) is 0 Å². The number of nitrogens with zero attached hydrogens (tertiary/aromatic N) is 2. The monoisotopic (exact) mass is 272 g/mol. The fraction of sp³-hybridized carbons (Fsp3) is 0.467. The van der Waals surface area contributed by atoms with Gasteiger partial charge in [0, 0.05) is 13.1 Å². The summed E-state index contributed by atoms with van der Waals surface area (Å²) in [6.45, 7) is 1.72. The van der Waals surface area contributed by atoms with Crippen molar-refractivity contribution < 1.29 is 4.74 Å². The largest absolute Gasteiger partial charge is 0.473 e. The van der Waals surface area contributed by atoms with Gasteiger partial charge in [0.2, 0.25) is 0 Å². The minimum Gasteiger partial charge on any atom is -0.473 e. The molecule has 3 rings (SSSR count). The highest BCUT2D eigenvalue weighted by Gasteiger charge is 2.15. The fourth-order valence-corrected chi connectivity index (χ4v) is 2.49. The average molecular weight is 272 g/mol. The number of ether oxygens (including phenoxy) is 1. The molecule has 5 nitrogen and oxygen atoms in total. The lowest BCUT2D eigenvalue weighted by Crippen LogP contribution is -2.38. The first kappa shape index (κ1) is 13.1. The van der Waals surface area contributed by atoms with Crippen LogP contribution in [0.4, 0.5) is 5.82 Å². The van der Waals surface area contributed by atoms with Crippen molar-refractivity contribution in [2.24, 2.45) is 0 Å². The molecule has 0 amide bonds. The Labute approximate surface area is 118 Å². The number of rotatable bonds is 4. The van der Waals surface area contributed by atoms with Crippen LogP contribution in [0, 0.1) is 0 Å². The van der Waals surface area contributed by atoms with E-state index >= 15 is 0 Å². The van der Waals surface area contributed by atoms with Gasteiger partial charge in [-0.3, -0.25) is 0 Å². The summed E-state index contributed by atoms with van der Waals surface area (Å²) in [6, 6.07) is 8.25. The molecule has 0 bridgehead atoms. The molecule has 1 fully saturated rings. The van der Waals surface area contributed by atoms with Crippen molar-refractivity contribution in [1.82, 2.24) is 15.3 Å². The maximum Gasteiger partial charge on any atom is 0.258 e. The third-order valence-electron chi connectivity index (χ3n) is 3.61. The van der Waals surface area contributed by atoms with Crippen molar-refractivity contribution in [3.05, 3.63) is 24.3 Å². The van der Waals surface area contributed by atoms with E-state index in [1.807, 2.05) is 31.3 Å². The minimum absolute atomic E-state index is 0.418. The highest BCUT2D eigenvalue weighted by molar-refractivity contribution is 5.77. The van der Waals surface area contributed by atoms with E-state index < -0.39 is 0 Å². The molecule has 1 aliphatic heterocycles. The Kier molecular flexibility index (Phi) is 3.97. The average Bonchev–Trinajstić information content (AvgIpc) is 2.53. The summed E-state index contributed by atoms with van der Waals surface area (Å²) < 4.78 is 5.88. The number of hydrogen-bond donors (Lipinski definition) is 2. The molecule has 0 radical (unpaired) electrons. The summed E-state index contributed by atoms with van der Waals surface area (Å²) in [5.41, 5.74) is 1.73. The Morgan fingerprint density at radius 1 is 1.25 bits per heavy atom. The van der Waals surface area contributed by atoms with Gasteiger partial charge in [-0.15, -0.1) is 0 Å². The summed E-state index contributed by atoms with van der Waals surface area (Å²) in [4.78, 5) is 9.09. The Bertz CT molecular complexity index is 581. The molecule has 5 heteroatoms. The number of nitrogens with one attached hydrogen (secondary N) is 2. The molecule has 0 saturated carbocycles.